The normalized spacial score (nSPS) is 20.2. The molecule has 0 spiro atoms. The van der Waals surface area contributed by atoms with Gasteiger partial charge in [0.15, 0.2) is 11.6 Å². The molecule has 0 saturated carbocycles. The Hall–Kier alpha value is -2.86. The predicted molar refractivity (Wildman–Crippen MR) is 126 cm³/mol. The minimum atomic E-state index is -0.384. The molecule has 2 aliphatic rings. The quantitative estimate of drug-likeness (QED) is 0.696. The van der Waals surface area contributed by atoms with Crippen LogP contribution in [0.15, 0.2) is 47.6 Å². The average Bonchev–Trinajstić information content (AvgIpc) is 2.79. The number of piperidine rings is 1. The first kappa shape index (κ1) is 21.4. The van der Waals surface area contributed by atoms with Crippen molar-refractivity contribution in [1.82, 2.24) is 5.32 Å². The van der Waals surface area contributed by atoms with Crippen molar-refractivity contribution >= 4 is 17.5 Å². The molecule has 4 rings (SSSR count). The summed E-state index contributed by atoms with van der Waals surface area (Å²) >= 11 is 0. The standard InChI is InChI=1S/C25H31FN4O/c1-17-7-8-21-23(30(17)2)10-9-20(25(21)31-24-6-4-3-5-22(24)26)18(15-27)16-29-19-11-13-28-14-12-19/h3-6,9-10,15-17,19,28H,7-8,11-14,27H2,1-2H3. The molecule has 2 aromatic rings. The van der Waals surface area contributed by atoms with E-state index in [0.29, 0.717) is 11.8 Å². The number of benzene rings is 2. The van der Waals surface area contributed by atoms with Gasteiger partial charge in [0.1, 0.15) is 5.75 Å². The second-order valence-electron chi connectivity index (χ2n) is 8.35. The molecule has 6 heteroatoms. The van der Waals surface area contributed by atoms with Crippen LogP contribution in [0.4, 0.5) is 10.1 Å². The highest BCUT2D eigenvalue weighted by Crippen LogP contribution is 2.42. The molecule has 164 valence electrons. The molecule has 1 unspecified atom stereocenters. The molecule has 2 heterocycles. The van der Waals surface area contributed by atoms with Crippen molar-refractivity contribution in [3.8, 4) is 11.5 Å². The lowest BCUT2D eigenvalue weighted by Gasteiger charge is -2.35. The van der Waals surface area contributed by atoms with Gasteiger partial charge < -0.3 is 20.7 Å². The molecule has 0 bridgehead atoms. The minimum Gasteiger partial charge on any atom is -0.453 e. The number of rotatable bonds is 5. The molecule has 0 aliphatic carbocycles. The smallest absolute Gasteiger partial charge is 0.165 e. The van der Waals surface area contributed by atoms with Crippen LogP contribution >= 0.6 is 0 Å². The maximum Gasteiger partial charge on any atom is 0.165 e. The Morgan fingerprint density at radius 2 is 1.97 bits per heavy atom. The number of ether oxygens (including phenoxy) is 1. The molecule has 5 nitrogen and oxygen atoms in total. The summed E-state index contributed by atoms with van der Waals surface area (Å²) in [6, 6.07) is 11.4. The summed E-state index contributed by atoms with van der Waals surface area (Å²) in [5, 5.41) is 3.36. The van der Waals surface area contributed by atoms with Crippen molar-refractivity contribution in [2.45, 2.75) is 44.7 Å². The third-order valence-electron chi connectivity index (χ3n) is 6.36. The summed E-state index contributed by atoms with van der Waals surface area (Å²) in [7, 11) is 2.09. The lowest BCUT2D eigenvalue weighted by Crippen LogP contribution is -2.33. The van der Waals surface area contributed by atoms with Gasteiger partial charge in [-0.2, -0.15) is 0 Å². The molecule has 1 fully saturated rings. The average molecular weight is 423 g/mol. The van der Waals surface area contributed by atoms with Gasteiger partial charge in [-0.1, -0.05) is 12.1 Å². The topological polar surface area (TPSA) is 62.9 Å². The number of hydrogen-bond acceptors (Lipinski definition) is 5. The lowest BCUT2D eigenvalue weighted by atomic mass is 9.92. The number of hydrogen-bond donors (Lipinski definition) is 2. The van der Waals surface area contributed by atoms with Gasteiger partial charge in [-0.05, 0) is 70.0 Å². The minimum absolute atomic E-state index is 0.213. The molecule has 1 atom stereocenters. The first-order chi connectivity index (χ1) is 15.1. The summed E-state index contributed by atoms with van der Waals surface area (Å²) in [5.74, 6) is 0.491. The highest BCUT2D eigenvalue weighted by molar-refractivity contribution is 6.11. The number of nitrogens with two attached hydrogens (primary N) is 1. The molecule has 1 saturated heterocycles. The number of para-hydroxylation sites is 1. The van der Waals surface area contributed by atoms with Gasteiger partial charge in [0.2, 0.25) is 0 Å². The molecule has 3 N–H and O–H groups in total. The van der Waals surface area contributed by atoms with E-state index < -0.39 is 0 Å². The summed E-state index contributed by atoms with van der Waals surface area (Å²) in [5.41, 5.74) is 9.85. The molecule has 2 aromatic carbocycles. The van der Waals surface area contributed by atoms with Crippen molar-refractivity contribution in [3.05, 3.63) is 59.5 Å². The Morgan fingerprint density at radius 1 is 1.19 bits per heavy atom. The van der Waals surface area contributed by atoms with E-state index in [2.05, 4.69) is 30.3 Å². The van der Waals surface area contributed by atoms with E-state index in [0.717, 1.165) is 61.2 Å². The van der Waals surface area contributed by atoms with Gasteiger partial charge in [-0.15, -0.1) is 0 Å². The highest BCUT2D eigenvalue weighted by Gasteiger charge is 2.26. The van der Waals surface area contributed by atoms with Gasteiger partial charge in [0.05, 0.1) is 6.04 Å². The third kappa shape index (κ3) is 4.59. The fraction of sp³-hybridized carbons (Fsp3) is 0.400. The SMILES string of the molecule is CC1CCc2c(ccc(C(C=NC3CCNCC3)=CN)c2Oc2ccccc2F)N1C. The number of fused-ring (bicyclic) bond motifs is 1. The zero-order valence-corrected chi connectivity index (χ0v) is 18.3. The van der Waals surface area contributed by atoms with Crippen LogP contribution in [0.25, 0.3) is 5.57 Å². The predicted octanol–water partition coefficient (Wildman–Crippen LogP) is 4.51. The lowest BCUT2D eigenvalue weighted by molar-refractivity contribution is 0.433. The Labute approximate surface area is 183 Å². The van der Waals surface area contributed by atoms with E-state index in [4.69, 9.17) is 15.5 Å². The van der Waals surface area contributed by atoms with Gasteiger partial charge in [-0.3, -0.25) is 4.99 Å². The number of aliphatic imine (C=N–C) groups is 1. The Bertz CT molecular complexity index is 981. The first-order valence-electron chi connectivity index (χ1n) is 11.1. The number of halogens is 1. The van der Waals surface area contributed by atoms with Crippen LogP contribution in [0, 0.1) is 5.82 Å². The first-order valence-corrected chi connectivity index (χ1v) is 11.1. The molecule has 2 aliphatic heterocycles. The maximum absolute atomic E-state index is 14.4. The van der Waals surface area contributed by atoms with Crippen molar-refractivity contribution in [2.24, 2.45) is 10.7 Å². The van der Waals surface area contributed by atoms with Crippen molar-refractivity contribution in [1.29, 1.82) is 0 Å². The maximum atomic E-state index is 14.4. The van der Waals surface area contributed by atoms with E-state index >= 15 is 0 Å². The third-order valence-corrected chi connectivity index (χ3v) is 6.36. The zero-order valence-electron chi connectivity index (χ0n) is 18.3. The van der Waals surface area contributed by atoms with E-state index in [1.165, 1.54) is 6.07 Å². The number of anilines is 1. The van der Waals surface area contributed by atoms with Crippen molar-refractivity contribution in [2.75, 3.05) is 25.0 Å². The van der Waals surface area contributed by atoms with E-state index in [9.17, 15) is 4.39 Å². The number of allylic oxidation sites excluding steroid dienone is 1. The van der Waals surface area contributed by atoms with E-state index in [-0.39, 0.29) is 17.6 Å². The fourth-order valence-corrected chi connectivity index (χ4v) is 4.30. The van der Waals surface area contributed by atoms with E-state index in [1.54, 1.807) is 24.4 Å². The van der Waals surface area contributed by atoms with Crippen LogP contribution in [-0.4, -0.2) is 38.4 Å². The Morgan fingerprint density at radius 3 is 2.71 bits per heavy atom. The van der Waals surface area contributed by atoms with E-state index in [1.807, 2.05) is 12.3 Å². The molecule has 31 heavy (non-hydrogen) atoms. The summed E-state index contributed by atoms with van der Waals surface area (Å²) in [4.78, 5) is 7.04. The van der Waals surface area contributed by atoms with Gasteiger partial charge >= 0.3 is 0 Å². The van der Waals surface area contributed by atoms with Crippen LogP contribution in [0.5, 0.6) is 11.5 Å². The van der Waals surface area contributed by atoms with Crippen LogP contribution < -0.4 is 20.7 Å². The molecule has 0 aromatic heterocycles. The summed E-state index contributed by atoms with van der Waals surface area (Å²) in [6.45, 7) is 4.18. The van der Waals surface area contributed by atoms with Gasteiger partial charge in [0.25, 0.3) is 0 Å². The largest absolute Gasteiger partial charge is 0.453 e. The monoisotopic (exact) mass is 422 g/mol. The highest BCUT2D eigenvalue weighted by atomic mass is 19.1. The van der Waals surface area contributed by atoms with Crippen LogP contribution in [0.2, 0.25) is 0 Å². The number of nitrogens with one attached hydrogen (secondary N) is 1. The summed E-state index contributed by atoms with van der Waals surface area (Å²) < 4.78 is 20.7. The second kappa shape index (κ2) is 9.52. The zero-order chi connectivity index (χ0) is 21.8. The van der Waals surface area contributed by atoms with Crippen LogP contribution in [0.1, 0.15) is 37.3 Å². The molecule has 0 amide bonds. The summed E-state index contributed by atoms with van der Waals surface area (Å²) in [6.07, 6.45) is 7.31. The number of nitrogens with zero attached hydrogens (tertiary/aromatic N) is 2. The van der Waals surface area contributed by atoms with Gasteiger partial charge in [0, 0.05) is 47.9 Å². The van der Waals surface area contributed by atoms with Crippen molar-refractivity contribution in [3.63, 3.8) is 0 Å². The van der Waals surface area contributed by atoms with Gasteiger partial charge in [-0.25, -0.2) is 4.39 Å². The Kier molecular flexibility index (Phi) is 6.56. The van der Waals surface area contributed by atoms with Crippen LogP contribution in [0.3, 0.4) is 0 Å². The second-order valence-corrected chi connectivity index (χ2v) is 8.35. The fourth-order valence-electron chi connectivity index (χ4n) is 4.30. The molecular weight excluding hydrogens is 391 g/mol. The Balaban J connectivity index is 1.75. The molecular formula is C25H31FN4O. The van der Waals surface area contributed by atoms with Crippen molar-refractivity contribution < 1.29 is 9.13 Å². The molecule has 0 radical (unpaired) electrons. The van der Waals surface area contributed by atoms with Crippen LogP contribution in [-0.2, 0) is 6.42 Å².